The van der Waals surface area contributed by atoms with Crippen LogP contribution in [0.2, 0.25) is 0 Å². The standard InChI is InChI=1S/C26H26N2/c1-26(2,3)21-15-13-20(17-21)24-16-14-19-9-7-8-12-23(19)25(24)18-27-28-22-10-5-4-6-11-22/h4-12,14-17H,13,18H2,1-3H3. The number of hydrogen-bond donors (Lipinski definition) is 0. The lowest BCUT2D eigenvalue weighted by Gasteiger charge is -2.18. The van der Waals surface area contributed by atoms with Gasteiger partial charge in [0, 0.05) is 0 Å². The van der Waals surface area contributed by atoms with Crippen LogP contribution in [-0.2, 0) is 6.54 Å². The number of fused-ring (bicyclic) bond motifs is 1. The van der Waals surface area contributed by atoms with Crippen molar-refractivity contribution >= 4 is 22.0 Å². The Kier molecular flexibility index (Phi) is 4.95. The van der Waals surface area contributed by atoms with Gasteiger partial charge in [-0.25, -0.2) is 0 Å². The van der Waals surface area contributed by atoms with E-state index >= 15 is 0 Å². The van der Waals surface area contributed by atoms with Gasteiger partial charge in [0.25, 0.3) is 0 Å². The quantitative estimate of drug-likeness (QED) is 0.419. The summed E-state index contributed by atoms with van der Waals surface area (Å²) in [5.41, 5.74) is 6.40. The lowest BCUT2D eigenvalue weighted by atomic mass is 9.87. The van der Waals surface area contributed by atoms with E-state index in [9.17, 15) is 0 Å². The Balaban J connectivity index is 1.73. The molecule has 3 aromatic rings. The molecule has 0 aromatic heterocycles. The highest BCUT2D eigenvalue weighted by molar-refractivity contribution is 5.91. The molecule has 2 heteroatoms. The van der Waals surface area contributed by atoms with E-state index in [-0.39, 0.29) is 5.41 Å². The summed E-state index contributed by atoms with van der Waals surface area (Å²) < 4.78 is 0. The summed E-state index contributed by atoms with van der Waals surface area (Å²) in [7, 11) is 0. The molecule has 0 amide bonds. The Labute approximate surface area is 167 Å². The molecule has 140 valence electrons. The second-order valence-corrected chi connectivity index (χ2v) is 8.33. The molecule has 1 aliphatic carbocycles. The fourth-order valence-corrected chi connectivity index (χ4v) is 3.73. The Bertz CT molecular complexity index is 1080. The van der Waals surface area contributed by atoms with E-state index < -0.39 is 0 Å². The molecule has 0 spiro atoms. The molecule has 0 radical (unpaired) electrons. The Morgan fingerprint density at radius 3 is 2.36 bits per heavy atom. The smallest absolute Gasteiger partial charge is 0.0865 e. The molecule has 0 bridgehead atoms. The second kappa shape index (κ2) is 7.55. The van der Waals surface area contributed by atoms with Gasteiger partial charge in [-0.2, -0.15) is 10.2 Å². The van der Waals surface area contributed by atoms with Crippen LogP contribution in [0, 0.1) is 5.41 Å². The predicted molar refractivity (Wildman–Crippen MR) is 119 cm³/mol. The zero-order valence-electron chi connectivity index (χ0n) is 16.8. The van der Waals surface area contributed by atoms with E-state index in [4.69, 9.17) is 0 Å². The van der Waals surface area contributed by atoms with Crippen molar-refractivity contribution in [3.63, 3.8) is 0 Å². The van der Waals surface area contributed by atoms with Crippen molar-refractivity contribution in [1.29, 1.82) is 0 Å². The molecular weight excluding hydrogens is 340 g/mol. The molecule has 0 N–H and O–H groups in total. The molecular formula is C26H26N2. The first-order chi connectivity index (χ1) is 13.5. The fourth-order valence-electron chi connectivity index (χ4n) is 3.73. The second-order valence-electron chi connectivity index (χ2n) is 8.33. The third-order valence-corrected chi connectivity index (χ3v) is 5.30. The van der Waals surface area contributed by atoms with Gasteiger partial charge in [0.1, 0.15) is 0 Å². The highest BCUT2D eigenvalue weighted by Gasteiger charge is 2.21. The lowest BCUT2D eigenvalue weighted by Crippen LogP contribution is -2.05. The zero-order chi connectivity index (χ0) is 19.6. The number of rotatable bonds is 4. The number of benzene rings is 3. The average molecular weight is 367 g/mol. The molecule has 0 aliphatic heterocycles. The fraction of sp³-hybridized carbons (Fsp3) is 0.231. The first kappa shape index (κ1) is 18.4. The minimum atomic E-state index is 0.172. The number of nitrogens with zero attached hydrogens (tertiary/aromatic N) is 2. The van der Waals surface area contributed by atoms with Crippen LogP contribution in [0.1, 0.15) is 38.3 Å². The highest BCUT2D eigenvalue weighted by Crippen LogP contribution is 2.39. The summed E-state index contributed by atoms with van der Waals surface area (Å²) in [6.07, 6.45) is 5.70. The summed E-state index contributed by atoms with van der Waals surface area (Å²) in [6, 6.07) is 22.9. The Morgan fingerprint density at radius 2 is 1.61 bits per heavy atom. The van der Waals surface area contributed by atoms with Crippen molar-refractivity contribution in [2.24, 2.45) is 15.6 Å². The van der Waals surface area contributed by atoms with Gasteiger partial charge in [-0.05, 0) is 57.0 Å². The van der Waals surface area contributed by atoms with E-state index in [0.717, 1.165) is 12.1 Å². The molecule has 0 atom stereocenters. The van der Waals surface area contributed by atoms with Crippen molar-refractivity contribution in [1.82, 2.24) is 0 Å². The predicted octanol–water partition coefficient (Wildman–Crippen LogP) is 7.88. The molecule has 4 rings (SSSR count). The molecule has 0 fully saturated rings. The van der Waals surface area contributed by atoms with Crippen molar-refractivity contribution in [2.75, 3.05) is 0 Å². The first-order valence-electron chi connectivity index (χ1n) is 9.87. The first-order valence-corrected chi connectivity index (χ1v) is 9.87. The van der Waals surface area contributed by atoms with Gasteiger partial charge in [-0.15, -0.1) is 0 Å². The van der Waals surface area contributed by atoms with Crippen LogP contribution in [0.4, 0.5) is 5.69 Å². The van der Waals surface area contributed by atoms with E-state index in [1.165, 1.54) is 33.0 Å². The maximum absolute atomic E-state index is 4.54. The number of allylic oxidation sites excluding steroid dienone is 4. The molecule has 1 aliphatic rings. The van der Waals surface area contributed by atoms with Crippen LogP contribution in [0.3, 0.4) is 0 Å². The number of hydrogen-bond acceptors (Lipinski definition) is 2. The van der Waals surface area contributed by atoms with Crippen molar-refractivity contribution in [3.05, 3.63) is 95.6 Å². The van der Waals surface area contributed by atoms with Gasteiger partial charge in [-0.3, -0.25) is 0 Å². The highest BCUT2D eigenvalue weighted by atomic mass is 15.1. The van der Waals surface area contributed by atoms with Gasteiger partial charge >= 0.3 is 0 Å². The Hall–Kier alpha value is -3.00. The van der Waals surface area contributed by atoms with Gasteiger partial charge < -0.3 is 0 Å². The van der Waals surface area contributed by atoms with Crippen LogP contribution in [0.25, 0.3) is 16.3 Å². The van der Waals surface area contributed by atoms with E-state index in [2.05, 4.69) is 79.5 Å². The van der Waals surface area contributed by atoms with Gasteiger partial charge in [0.15, 0.2) is 0 Å². The average Bonchev–Trinajstić information content (AvgIpc) is 3.19. The maximum Gasteiger partial charge on any atom is 0.0865 e. The third-order valence-electron chi connectivity index (χ3n) is 5.30. The van der Waals surface area contributed by atoms with Gasteiger partial charge in [0.05, 0.1) is 12.2 Å². The minimum absolute atomic E-state index is 0.172. The largest absolute Gasteiger partial charge is 0.184 e. The maximum atomic E-state index is 4.54. The molecule has 0 unspecified atom stereocenters. The molecule has 2 nitrogen and oxygen atoms in total. The molecule has 0 heterocycles. The number of azo groups is 1. The minimum Gasteiger partial charge on any atom is -0.184 e. The topological polar surface area (TPSA) is 24.7 Å². The van der Waals surface area contributed by atoms with E-state index in [1.54, 1.807) is 0 Å². The van der Waals surface area contributed by atoms with Gasteiger partial charge in [0.2, 0.25) is 0 Å². The van der Waals surface area contributed by atoms with Crippen molar-refractivity contribution < 1.29 is 0 Å². The van der Waals surface area contributed by atoms with Crippen molar-refractivity contribution in [2.45, 2.75) is 33.7 Å². The molecule has 0 saturated heterocycles. The molecule has 3 aromatic carbocycles. The summed E-state index contributed by atoms with van der Waals surface area (Å²) in [4.78, 5) is 0. The van der Waals surface area contributed by atoms with Crippen LogP contribution >= 0.6 is 0 Å². The summed E-state index contributed by atoms with van der Waals surface area (Å²) in [5.74, 6) is 0. The monoisotopic (exact) mass is 366 g/mol. The SMILES string of the molecule is CC(C)(C)C1=CCC(c2ccc3ccccc3c2CN=Nc2ccccc2)=C1. The molecule has 0 saturated carbocycles. The normalized spacial score (nSPS) is 14.5. The van der Waals surface area contributed by atoms with Gasteiger partial charge in [-0.1, -0.05) is 87.5 Å². The van der Waals surface area contributed by atoms with E-state index in [1.807, 2.05) is 30.3 Å². The lowest BCUT2D eigenvalue weighted by molar-refractivity contribution is 0.518. The summed E-state index contributed by atoms with van der Waals surface area (Å²) in [5, 5.41) is 11.5. The Morgan fingerprint density at radius 1 is 0.857 bits per heavy atom. The summed E-state index contributed by atoms with van der Waals surface area (Å²) in [6.45, 7) is 7.39. The van der Waals surface area contributed by atoms with Crippen LogP contribution in [0.5, 0.6) is 0 Å². The van der Waals surface area contributed by atoms with Crippen LogP contribution in [-0.4, -0.2) is 0 Å². The van der Waals surface area contributed by atoms with Crippen LogP contribution < -0.4 is 0 Å². The zero-order valence-corrected chi connectivity index (χ0v) is 16.8. The van der Waals surface area contributed by atoms with Crippen molar-refractivity contribution in [3.8, 4) is 0 Å². The van der Waals surface area contributed by atoms with Crippen LogP contribution in [0.15, 0.2) is 94.7 Å². The molecule has 28 heavy (non-hydrogen) atoms. The summed E-state index contributed by atoms with van der Waals surface area (Å²) >= 11 is 0. The van der Waals surface area contributed by atoms with E-state index in [0.29, 0.717) is 6.54 Å². The third kappa shape index (κ3) is 3.82.